The third-order valence-corrected chi connectivity index (χ3v) is 3.53. The molecule has 0 bridgehead atoms. The molecule has 0 aliphatic heterocycles. The van der Waals surface area contributed by atoms with Crippen molar-refractivity contribution in [1.29, 1.82) is 0 Å². The van der Waals surface area contributed by atoms with Crippen LogP contribution >= 0.6 is 11.3 Å². The van der Waals surface area contributed by atoms with Crippen LogP contribution in [0.1, 0.15) is 6.92 Å². The van der Waals surface area contributed by atoms with E-state index in [-0.39, 0.29) is 0 Å². The fraction of sp³-hybridized carbons (Fsp3) is 0.143. The molecule has 96 valence electrons. The summed E-state index contributed by atoms with van der Waals surface area (Å²) in [5, 5.41) is 10.6. The Kier molecular flexibility index (Phi) is 3.29. The minimum atomic E-state index is 0.885. The average Bonchev–Trinajstić information content (AvgIpc) is 3.08. The van der Waals surface area contributed by atoms with Crippen LogP contribution < -0.4 is 5.32 Å². The van der Waals surface area contributed by atoms with Crippen molar-refractivity contribution in [2.45, 2.75) is 6.92 Å². The van der Waals surface area contributed by atoms with Crippen LogP contribution in [0.5, 0.6) is 0 Å². The molecule has 2 aromatic heterocycles. The number of benzene rings is 1. The van der Waals surface area contributed by atoms with Crippen LogP contribution in [-0.2, 0) is 0 Å². The van der Waals surface area contributed by atoms with Gasteiger partial charge in [0.1, 0.15) is 0 Å². The lowest BCUT2D eigenvalue weighted by Crippen LogP contribution is -1.94. The molecule has 0 spiro atoms. The molecule has 4 nitrogen and oxygen atoms in total. The van der Waals surface area contributed by atoms with Gasteiger partial charge in [0.15, 0.2) is 5.13 Å². The number of anilines is 1. The largest absolute Gasteiger partial charge is 0.362 e. The Morgan fingerprint density at radius 1 is 1.26 bits per heavy atom. The number of rotatable bonds is 4. The summed E-state index contributed by atoms with van der Waals surface area (Å²) in [4.78, 5) is 4.53. The lowest BCUT2D eigenvalue weighted by Gasteiger charge is -1.98. The molecule has 19 heavy (non-hydrogen) atoms. The van der Waals surface area contributed by atoms with E-state index in [1.165, 1.54) is 0 Å². The van der Waals surface area contributed by atoms with E-state index in [4.69, 9.17) is 0 Å². The molecule has 0 atom stereocenters. The van der Waals surface area contributed by atoms with Crippen LogP contribution in [-0.4, -0.2) is 21.3 Å². The van der Waals surface area contributed by atoms with Gasteiger partial charge in [0, 0.05) is 23.7 Å². The number of hydrogen-bond donors (Lipinski definition) is 1. The third kappa shape index (κ3) is 2.51. The average molecular weight is 270 g/mol. The maximum atomic E-state index is 4.53. The smallest absolute Gasteiger partial charge is 0.183 e. The molecule has 1 N–H and O–H groups in total. The molecule has 5 heteroatoms. The van der Waals surface area contributed by atoms with Crippen molar-refractivity contribution in [3.05, 3.63) is 48.1 Å². The number of nitrogens with zero attached hydrogens (tertiary/aromatic N) is 3. The van der Waals surface area contributed by atoms with Crippen molar-refractivity contribution in [3.63, 3.8) is 0 Å². The van der Waals surface area contributed by atoms with Crippen molar-refractivity contribution in [1.82, 2.24) is 14.8 Å². The number of aromatic nitrogens is 3. The summed E-state index contributed by atoms with van der Waals surface area (Å²) in [6.45, 7) is 2.95. The summed E-state index contributed by atoms with van der Waals surface area (Å²) >= 11 is 1.61. The Hall–Kier alpha value is -2.14. The van der Waals surface area contributed by atoms with E-state index >= 15 is 0 Å². The first kappa shape index (κ1) is 11.9. The van der Waals surface area contributed by atoms with Crippen LogP contribution in [0.4, 0.5) is 5.13 Å². The molecule has 3 rings (SSSR count). The molecule has 0 saturated carbocycles. The van der Waals surface area contributed by atoms with E-state index in [1.807, 2.05) is 52.8 Å². The highest BCUT2D eigenvalue weighted by atomic mass is 32.1. The molecule has 1 aromatic carbocycles. The van der Waals surface area contributed by atoms with Gasteiger partial charge in [-0.1, -0.05) is 18.2 Å². The van der Waals surface area contributed by atoms with Crippen molar-refractivity contribution in [3.8, 4) is 16.9 Å². The maximum absolute atomic E-state index is 4.53. The predicted molar refractivity (Wildman–Crippen MR) is 78.8 cm³/mol. The molecule has 0 fully saturated rings. The minimum Gasteiger partial charge on any atom is -0.362 e. The maximum Gasteiger partial charge on any atom is 0.183 e. The highest BCUT2D eigenvalue weighted by Gasteiger charge is 2.07. The van der Waals surface area contributed by atoms with Gasteiger partial charge in [-0.05, 0) is 19.1 Å². The SMILES string of the molecule is CCNc1nc(-c2cnn(-c3ccccc3)c2)cs1. The fourth-order valence-electron chi connectivity index (χ4n) is 1.82. The van der Waals surface area contributed by atoms with E-state index in [0.29, 0.717) is 0 Å². The van der Waals surface area contributed by atoms with E-state index in [1.54, 1.807) is 11.3 Å². The Morgan fingerprint density at radius 3 is 2.89 bits per heavy atom. The van der Waals surface area contributed by atoms with Crippen molar-refractivity contribution in [2.24, 2.45) is 0 Å². The van der Waals surface area contributed by atoms with Crippen LogP contribution in [0.2, 0.25) is 0 Å². The monoisotopic (exact) mass is 270 g/mol. The molecule has 2 heterocycles. The van der Waals surface area contributed by atoms with Crippen LogP contribution in [0, 0.1) is 0 Å². The quantitative estimate of drug-likeness (QED) is 0.790. The van der Waals surface area contributed by atoms with Crippen LogP contribution in [0.15, 0.2) is 48.1 Å². The third-order valence-electron chi connectivity index (χ3n) is 2.73. The zero-order valence-electron chi connectivity index (χ0n) is 10.6. The Labute approximate surface area is 115 Å². The Balaban J connectivity index is 1.88. The minimum absolute atomic E-state index is 0.885. The first-order valence-electron chi connectivity index (χ1n) is 6.16. The summed E-state index contributed by atoms with van der Waals surface area (Å²) in [6.07, 6.45) is 3.85. The van der Waals surface area contributed by atoms with Gasteiger partial charge in [-0.3, -0.25) is 0 Å². The molecule has 0 amide bonds. The number of nitrogens with one attached hydrogen (secondary N) is 1. The second-order valence-electron chi connectivity index (χ2n) is 4.08. The summed E-state index contributed by atoms with van der Waals surface area (Å²) < 4.78 is 1.86. The zero-order valence-corrected chi connectivity index (χ0v) is 11.4. The lowest BCUT2D eigenvalue weighted by molar-refractivity contribution is 0.881. The van der Waals surface area contributed by atoms with Gasteiger partial charge in [0.25, 0.3) is 0 Å². The number of thiazole rings is 1. The summed E-state index contributed by atoms with van der Waals surface area (Å²) in [5.41, 5.74) is 3.04. The molecular formula is C14H14N4S. The van der Waals surface area contributed by atoms with Crippen molar-refractivity contribution >= 4 is 16.5 Å². The van der Waals surface area contributed by atoms with Gasteiger partial charge in [-0.15, -0.1) is 11.3 Å². The molecular weight excluding hydrogens is 256 g/mol. The molecule has 0 radical (unpaired) electrons. The van der Waals surface area contributed by atoms with Gasteiger partial charge in [0.2, 0.25) is 0 Å². The van der Waals surface area contributed by atoms with Gasteiger partial charge < -0.3 is 5.32 Å². The standard InChI is InChI=1S/C14H14N4S/c1-2-15-14-17-13(10-19-14)11-8-16-18(9-11)12-6-4-3-5-7-12/h3-10H,2H2,1H3,(H,15,17). The lowest BCUT2D eigenvalue weighted by atomic mass is 10.3. The molecule has 3 aromatic rings. The second kappa shape index (κ2) is 5.24. The van der Waals surface area contributed by atoms with E-state index in [9.17, 15) is 0 Å². The topological polar surface area (TPSA) is 42.7 Å². The van der Waals surface area contributed by atoms with Crippen LogP contribution in [0.25, 0.3) is 16.9 Å². The van der Waals surface area contributed by atoms with Gasteiger partial charge in [-0.2, -0.15) is 5.10 Å². The summed E-state index contributed by atoms with van der Waals surface area (Å²) in [6, 6.07) is 10.1. The van der Waals surface area contributed by atoms with Crippen LogP contribution in [0.3, 0.4) is 0 Å². The predicted octanol–water partition coefficient (Wildman–Crippen LogP) is 3.43. The highest BCUT2D eigenvalue weighted by Crippen LogP contribution is 2.25. The molecule has 0 saturated heterocycles. The van der Waals surface area contributed by atoms with Gasteiger partial charge >= 0.3 is 0 Å². The normalized spacial score (nSPS) is 10.6. The molecule has 0 aliphatic rings. The summed E-state index contributed by atoms with van der Waals surface area (Å²) in [5.74, 6) is 0. The van der Waals surface area contributed by atoms with Gasteiger partial charge in [0.05, 0.1) is 17.6 Å². The Bertz CT molecular complexity index is 657. The second-order valence-corrected chi connectivity index (χ2v) is 4.94. The first-order valence-corrected chi connectivity index (χ1v) is 7.04. The summed E-state index contributed by atoms with van der Waals surface area (Å²) in [7, 11) is 0. The van der Waals surface area contributed by atoms with E-state index in [0.717, 1.165) is 28.6 Å². The van der Waals surface area contributed by atoms with Gasteiger partial charge in [-0.25, -0.2) is 9.67 Å². The van der Waals surface area contributed by atoms with Crippen molar-refractivity contribution in [2.75, 3.05) is 11.9 Å². The van der Waals surface area contributed by atoms with E-state index in [2.05, 4.69) is 22.3 Å². The van der Waals surface area contributed by atoms with E-state index < -0.39 is 0 Å². The molecule has 0 aliphatic carbocycles. The van der Waals surface area contributed by atoms with Crippen molar-refractivity contribution < 1.29 is 0 Å². The zero-order chi connectivity index (χ0) is 13.1. The Morgan fingerprint density at radius 2 is 2.11 bits per heavy atom. The fourth-order valence-corrected chi connectivity index (χ4v) is 2.61. The highest BCUT2D eigenvalue weighted by molar-refractivity contribution is 7.14. The number of para-hydroxylation sites is 1. The number of hydrogen-bond acceptors (Lipinski definition) is 4. The first-order chi connectivity index (χ1) is 9.36. The molecule has 0 unspecified atom stereocenters.